The average Bonchev–Trinajstić information content (AvgIpc) is 3.63. The van der Waals surface area contributed by atoms with E-state index in [4.69, 9.17) is 4.74 Å². The average molecular weight is 548 g/mol. The first-order valence-electron chi connectivity index (χ1n) is 12.5. The predicted molar refractivity (Wildman–Crippen MR) is 152 cm³/mol. The minimum atomic E-state index is -0.392. The largest absolute Gasteiger partial charge is 0.465 e. The van der Waals surface area contributed by atoms with Crippen molar-refractivity contribution in [2.45, 2.75) is 44.3 Å². The van der Waals surface area contributed by atoms with Gasteiger partial charge in [0.05, 0.1) is 19.2 Å². The molecule has 1 amide bonds. The lowest BCUT2D eigenvalue weighted by atomic mass is 10.1. The maximum absolute atomic E-state index is 12.8. The molecule has 0 spiro atoms. The third-order valence-corrected chi connectivity index (χ3v) is 8.48. The first-order valence-corrected chi connectivity index (χ1v) is 14.3. The van der Waals surface area contributed by atoms with Crippen LogP contribution in [-0.4, -0.2) is 39.5 Å². The van der Waals surface area contributed by atoms with Gasteiger partial charge in [-0.3, -0.25) is 9.36 Å². The van der Waals surface area contributed by atoms with Gasteiger partial charge in [0.2, 0.25) is 5.91 Å². The van der Waals surface area contributed by atoms with Gasteiger partial charge in [0, 0.05) is 28.4 Å². The first kappa shape index (κ1) is 26.0. The minimum Gasteiger partial charge on any atom is -0.465 e. The molecule has 1 aliphatic carbocycles. The number of nitrogens with one attached hydrogen (secondary N) is 2. The maximum Gasteiger partial charge on any atom is 0.341 e. The Labute approximate surface area is 229 Å². The van der Waals surface area contributed by atoms with Gasteiger partial charge in [0.1, 0.15) is 5.00 Å². The van der Waals surface area contributed by atoms with E-state index in [0.29, 0.717) is 22.9 Å². The summed E-state index contributed by atoms with van der Waals surface area (Å²) in [6.45, 7) is 2.57. The van der Waals surface area contributed by atoms with Crippen molar-refractivity contribution in [3.63, 3.8) is 0 Å². The number of para-hydroxylation sites is 1. The molecule has 0 fully saturated rings. The Kier molecular flexibility index (Phi) is 8.09. The van der Waals surface area contributed by atoms with Gasteiger partial charge >= 0.3 is 5.97 Å². The molecule has 0 atom stereocenters. The normalized spacial score (nSPS) is 12.3. The summed E-state index contributed by atoms with van der Waals surface area (Å²) in [6, 6.07) is 18.2. The number of ether oxygens (including phenoxy) is 1. The third-order valence-electron chi connectivity index (χ3n) is 6.34. The summed E-state index contributed by atoms with van der Waals surface area (Å²) in [5.41, 5.74) is 4.71. The molecule has 2 N–H and O–H groups in total. The quantitative estimate of drug-likeness (QED) is 0.196. The van der Waals surface area contributed by atoms with Crippen LogP contribution in [0.15, 0.2) is 59.8 Å². The van der Waals surface area contributed by atoms with Gasteiger partial charge in [-0.1, -0.05) is 47.7 Å². The summed E-state index contributed by atoms with van der Waals surface area (Å²) in [5, 5.41) is 16.5. The number of methoxy groups -OCH3 is 1. The molecule has 2 aromatic heterocycles. The van der Waals surface area contributed by atoms with Crippen LogP contribution in [0.25, 0.3) is 5.69 Å². The number of thiophene rings is 1. The van der Waals surface area contributed by atoms with E-state index in [0.717, 1.165) is 52.1 Å². The van der Waals surface area contributed by atoms with Crippen LogP contribution >= 0.6 is 23.1 Å². The number of carbonyl (C=O) groups excluding carboxylic acids is 2. The summed E-state index contributed by atoms with van der Waals surface area (Å²) >= 11 is 2.96. The van der Waals surface area contributed by atoms with E-state index in [1.54, 1.807) is 0 Å². The fraction of sp³-hybridized carbons (Fsp3) is 0.286. The molecule has 2 heterocycles. The molecule has 0 saturated heterocycles. The van der Waals surface area contributed by atoms with E-state index in [1.807, 2.05) is 47.0 Å². The van der Waals surface area contributed by atoms with Crippen LogP contribution in [0.5, 0.6) is 0 Å². The van der Waals surface area contributed by atoms with Crippen molar-refractivity contribution in [1.82, 2.24) is 14.8 Å². The van der Waals surface area contributed by atoms with Gasteiger partial charge < -0.3 is 15.4 Å². The Morgan fingerprint density at radius 1 is 1.08 bits per heavy atom. The molecule has 10 heteroatoms. The zero-order valence-electron chi connectivity index (χ0n) is 21.3. The predicted octanol–water partition coefficient (Wildman–Crippen LogP) is 5.65. The zero-order chi connectivity index (χ0) is 26.5. The number of aromatic nitrogens is 3. The van der Waals surface area contributed by atoms with Crippen molar-refractivity contribution in [3.8, 4) is 5.69 Å². The topological polar surface area (TPSA) is 98.1 Å². The lowest BCUT2D eigenvalue weighted by Crippen LogP contribution is -2.15. The van der Waals surface area contributed by atoms with Crippen molar-refractivity contribution in [2.75, 3.05) is 23.5 Å². The van der Waals surface area contributed by atoms with Crippen LogP contribution in [-0.2, 0) is 28.9 Å². The Balaban J connectivity index is 1.25. The highest BCUT2D eigenvalue weighted by Gasteiger charge is 2.28. The van der Waals surface area contributed by atoms with Gasteiger partial charge in [-0.2, -0.15) is 0 Å². The number of nitrogens with zero attached hydrogens (tertiary/aromatic N) is 3. The molecule has 196 valence electrons. The Hall–Kier alpha value is -3.63. The zero-order valence-corrected chi connectivity index (χ0v) is 23.0. The Morgan fingerprint density at radius 3 is 2.63 bits per heavy atom. The number of aryl methyl sites for hydroxylation is 2. The van der Waals surface area contributed by atoms with E-state index < -0.39 is 5.97 Å². The number of benzene rings is 2. The minimum absolute atomic E-state index is 0.144. The lowest BCUT2D eigenvalue weighted by molar-refractivity contribution is -0.115. The van der Waals surface area contributed by atoms with Gasteiger partial charge in [0.15, 0.2) is 11.0 Å². The Bertz CT molecular complexity index is 1430. The fourth-order valence-corrected chi connectivity index (χ4v) is 6.63. The van der Waals surface area contributed by atoms with E-state index in [2.05, 4.69) is 39.9 Å². The van der Waals surface area contributed by atoms with Gasteiger partial charge in [-0.05, 0) is 56.0 Å². The fourth-order valence-electron chi connectivity index (χ4n) is 4.43. The van der Waals surface area contributed by atoms with Crippen molar-refractivity contribution in [3.05, 3.63) is 82.0 Å². The molecule has 38 heavy (non-hydrogen) atoms. The number of rotatable bonds is 10. The summed E-state index contributed by atoms with van der Waals surface area (Å²) in [7, 11) is 1.37. The van der Waals surface area contributed by atoms with E-state index >= 15 is 0 Å². The monoisotopic (exact) mass is 547 g/mol. The highest BCUT2D eigenvalue weighted by Crippen LogP contribution is 2.39. The molecule has 5 rings (SSSR count). The number of anilines is 2. The second-order valence-electron chi connectivity index (χ2n) is 8.99. The maximum atomic E-state index is 12.8. The second-order valence-corrected chi connectivity index (χ2v) is 11.2. The number of amides is 1. The van der Waals surface area contributed by atoms with Crippen LogP contribution in [0.1, 0.15) is 45.0 Å². The number of esters is 1. The number of carbonyl (C=O) groups is 2. The number of hydrogen-bond donors (Lipinski definition) is 2. The molecule has 0 saturated carbocycles. The highest BCUT2D eigenvalue weighted by atomic mass is 32.2. The van der Waals surface area contributed by atoms with Crippen LogP contribution in [0, 0.1) is 6.92 Å². The van der Waals surface area contributed by atoms with E-state index in [1.165, 1.54) is 35.8 Å². The second kappa shape index (κ2) is 11.8. The van der Waals surface area contributed by atoms with Crippen LogP contribution in [0.2, 0.25) is 0 Å². The van der Waals surface area contributed by atoms with Crippen LogP contribution < -0.4 is 10.6 Å². The third kappa shape index (κ3) is 5.76. The van der Waals surface area contributed by atoms with Crippen LogP contribution in [0.4, 0.5) is 10.7 Å². The number of fused-ring (bicyclic) bond motifs is 1. The molecule has 2 aromatic carbocycles. The molecular formula is C28H29N5O3S2. The van der Waals surface area contributed by atoms with E-state index in [-0.39, 0.29) is 12.3 Å². The molecule has 1 aliphatic rings. The van der Waals surface area contributed by atoms with Crippen molar-refractivity contribution in [1.29, 1.82) is 0 Å². The molecule has 0 radical (unpaired) electrons. The van der Waals surface area contributed by atoms with Crippen molar-refractivity contribution in [2.24, 2.45) is 0 Å². The highest BCUT2D eigenvalue weighted by molar-refractivity contribution is 7.99. The molecule has 8 nitrogen and oxygen atoms in total. The Morgan fingerprint density at radius 2 is 1.87 bits per heavy atom. The summed E-state index contributed by atoms with van der Waals surface area (Å²) in [4.78, 5) is 26.4. The molecule has 4 aromatic rings. The number of hydrogen-bond acceptors (Lipinski definition) is 8. The lowest BCUT2D eigenvalue weighted by Gasteiger charge is -2.12. The summed E-state index contributed by atoms with van der Waals surface area (Å²) in [5.74, 6) is 0.756. The SMILES string of the molecule is COC(=O)c1c(NC(=O)CCSc2nnc(CNc3ccc(C)cc3)n2-c2ccccc2)sc2c1CCC2. The van der Waals surface area contributed by atoms with Crippen LogP contribution in [0.3, 0.4) is 0 Å². The standard InChI is InChI=1S/C28H29N5O3S2/c1-18-11-13-19(14-12-18)29-17-23-31-32-28(33(23)20-7-4-3-5-8-20)37-16-15-24(34)30-26-25(27(35)36-2)21-9-6-10-22(21)38-26/h3-5,7-8,11-14,29H,6,9-10,15-17H2,1-2H3,(H,30,34). The number of thioether (sulfide) groups is 1. The summed E-state index contributed by atoms with van der Waals surface area (Å²) < 4.78 is 7.00. The van der Waals surface area contributed by atoms with Gasteiger partial charge in [-0.15, -0.1) is 21.5 Å². The molecule has 0 bridgehead atoms. The van der Waals surface area contributed by atoms with Gasteiger partial charge in [-0.25, -0.2) is 4.79 Å². The molecule has 0 aliphatic heterocycles. The smallest absolute Gasteiger partial charge is 0.341 e. The van der Waals surface area contributed by atoms with Gasteiger partial charge in [0.25, 0.3) is 0 Å². The summed E-state index contributed by atoms with van der Waals surface area (Å²) in [6.07, 6.45) is 3.08. The molecular weight excluding hydrogens is 518 g/mol. The van der Waals surface area contributed by atoms with E-state index in [9.17, 15) is 9.59 Å². The first-order chi connectivity index (χ1) is 18.5. The van der Waals surface area contributed by atoms with Crippen molar-refractivity contribution >= 4 is 45.7 Å². The van der Waals surface area contributed by atoms with Crippen molar-refractivity contribution < 1.29 is 14.3 Å². The molecule has 0 unspecified atom stereocenters.